The van der Waals surface area contributed by atoms with Crippen molar-refractivity contribution in [2.45, 2.75) is 6.42 Å². The lowest BCUT2D eigenvalue weighted by Crippen LogP contribution is -2.02. The average Bonchev–Trinajstić information content (AvgIpc) is 2.85. The van der Waals surface area contributed by atoms with Crippen LogP contribution < -0.4 is 15.2 Å². The summed E-state index contributed by atoms with van der Waals surface area (Å²) in [7, 11) is 1.62. The molecule has 32 heavy (non-hydrogen) atoms. The summed E-state index contributed by atoms with van der Waals surface area (Å²) >= 11 is 0. The lowest BCUT2D eigenvalue weighted by Gasteiger charge is -2.13. The van der Waals surface area contributed by atoms with E-state index in [1.165, 1.54) is 5.56 Å². The normalized spacial score (nSPS) is 10.4. The van der Waals surface area contributed by atoms with E-state index in [1.54, 1.807) is 31.5 Å². The SMILES string of the molecule is COc1ccccc1-c1cc(Oc2cc(C#N)ccc2-c2ccc(CCN)cc2)cnn1. The number of nitrogens with zero attached hydrogens (tertiary/aromatic N) is 3. The van der Waals surface area contributed by atoms with Gasteiger partial charge in [0.15, 0.2) is 0 Å². The Hall–Kier alpha value is -4.21. The van der Waals surface area contributed by atoms with Crippen LogP contribution in [0.25, 0.3) is 22.4 Å². The van der Waals surface area contributed by atoms with Crippen molar-refractivity contribution >= 4 is 0 Å². The first-order valence-corrected chi connectivity index (χ1v) is 10.2. The number of benzene rings is 3. The van der Waals surface area contributed by atoms with Gasteiger partial charge in [0.25, 0.3) is 0 Å². The molecule has 2 N–H and O–H groups in total. The molecule has 0 amide bonds. The molecule has 6 nitrogen and oxygen atoms in total. The van der Waals surface area contributed by atoms with Crippen LogP contribution in [0.5, 0.6) is 17.2 Å². The predicted octanol–water partition coefficient (Wildman–Crippen LogP) is 4.98. The van der Waals surface area contributed by atoms with Gasteiger partial charge >= 0.3 is 0 Å². The fourth-order valence-electron chi connectivity index (χ4n) is 3.45. The van der Waals surface area contributed by atoms with Crippen molar-refractivity contribution in [1.82, 2.24) is 10.2 Å². The maximum Gasteiger partial charge on any atom is 0.149 e. The monoisotopic (exact) mass is 422 g/mol. The van der Waals surface area contributed by atoms with Gasteiger partial charge in [-0.25, -0.2) is 0 Å². The highest BCUT2D eigenvalue weighted by Crippen LogP contribution is 2.36. The van der Waals surface area contributed by atoms with E-state index in [0.717, 1.165) is 23.1 Å². The third-order valence-corrected chi connectivity index (χ3v) is 5.05. The molecule has 0 bridgehead atoms. The molecule has 4 aromatic rings. The lowest BCUT2D eigenvalue weighted by atomic mass is 10.0. The van der Waals surface area contributed by atoms with Crippen LogP contribution in [0, 0.1) is 11.3 Å². The van der Waals surface area contributed by atoms with E-state index in [2.05, 4.69) is 28.4 Å². The average molecular weight is 422 g/mol. The number of para-hydroxylation sites is 1. The Labute approximate surface area is 186 Å². The van der Waals surface area contributed by atoms with Crippen LogP contribution in [0.1, 0.15) is 11.1 Å². The lowest BCUT2D eigenvalue weighted by molar-refractivity contribution is 0.416. The second-order valence-corrected chi connectivity index (χ2v) is 7.14. The number of rotatable bonds is 7. The van der Waals surface area contributed by atoms with Crippen molar-refractivity contribution in [1.29, 1.82) is 5.26 Å². The highest BCUT2D eigenvalue weighted by Gasteiger charge is 2.12. The minimum absolute atomic E-state index is 0.510. The summed E-state index contributed by atoms with van der Waals surface area (Å²) in [6, 6.07) is 25.1. The Morgan fingerprint density at radius 3 is 2.50 bits per heavy atom. The summed E-state index contributed by atoms with van der Waals surface area (Å²) in [6.07, 6.45) is 2.37. The van der Waals surface area contributed by atoms with E-state index in [4.69, 9.17) is 15.2 Å². The molecule has 4 rings (SSSR count). The number of hydrogen-bond donors (Lipinski definition) is 1. The van der Waals surface area contributed by atoms with Crippen LogP contribution in [0.2, 0.25) is 0 Å². The van der Waals surface area contributed by atoms with Gasteiger partial charge in [0, 0.05) is 17.2 Å². The highest BCUT2D eigenvalue weighted by molar-refractivity contribution is 5.73. The molecule has 0 saturated heterocycles. The summed E-state index contributed by atoms with van der Waals surface area (Å²) in [4.78, 5) is 0. The molecular formula is C26H22N4O2. The fraction of sp³-hybridized carbons (Fsp3) is 0.115. The number of nitriles is 1. The number of nitrogens with two attached hydrogens (primary N) is 1. The van der Waals surface area contributed by atoms with Crippen molar-refractivity contribution in [2.75, 3.05) is 13.7 Å². The first kappa shape index (κ1) is 21.0. The number of methoxy groups -OCH3 is 1. The molecule has 0 aliphatic carbocycles. The zero-order valence-corrected chi connectivity index (χ0v) is 17.7. The molecule has 0 radical (unpaired) electrons. The molecule has 0 aliphatic rings. The number of ether oxygens (including phenoxy) is 2. The van der Waals surface area contributed by atoms with Crippen molar-refractivity contribution in [3.63, 3.8) is 0 Å². The standard InChI is InChI=1S/C26H22N4O2/c1-31-25-5-3-2-4-23(25)24-15-21(17-29-30-24)32-26-14-19(16-28)8-11-22(26)20-9-6-18(7-10-20)12-13-27/h2-11,14-15,17H,12-13,27H2,1H3. The molecule has 0 unspecified atom stereocenters. The van der Waals surface area contributed by atoms with Gasteiger partial charge in [-0.15, -0.1) is 0 Å². The van der Waals surface area contributed by atoms with Crippen LogP contribution in [0.4, 0.5) is 0 Å². The minimum atomic E-state index is 0.510. The fourth-order valence-corrected chi connectivity index (χ4v) is 3.45. The second kappa shape index (κ2) is 9.73. The minimum Gasteiger partial charge on any atom is -0.496 e. The molecule has 158 valence electrons. The van der Waals surface area contributed by atoms with Gasteiger partial charge in [0.05, 0.1) is 24.9 Å². The maximum atomic E-state index is 9.38. The van der Waals surface area contributed by atoms with Crippen LogP contribution in [0.15, 0.2) is 79.0 Å². The summed E-state index contributed by atoms with van der Waals surface area (Å²) in [6.45, 7) is 0.605. The summed E-state index contributed by atoms with van der Waals surface area (Å²) < 4.78 is 11.6. The van der Waals surface area contributed by atoms with Gasteiger partial charge in [-0.2, -0.15) is 15.5 Å². The Kier molecular flexibility index (Phi) is 6.40. The topological polar surface area (TPSA) is 94.0 Å². The summed E-state index contributed by atoms with van der Waals surface area (Å²) in [5, 5.41) is 17.7. The smallest absolute Gasteiger partial charge is 0.149 e. The molecule has 0 spiro atoms. The van der Waals surface area contributed by atoms with E-state index in [-0.39, 0.29) is 0 Å². The number of aromatic nitrogens is 2. The predicted molar refractivity (Wildman–Crippen MR) is 123 cm³/mol. The molecule has 0 saturated carbocycles. The van der Waals surface area contributed by atoms with Crippen molar-refractivity contribution in [3.8, 4) is 45.7 Å². The molecule has 6 heteroatoms. The van der Waals surface area contributed by atoms with Gasteiger partial charge in [-0.05, 0) is 54.4 Å². The van der Waals surface area contributed by atoms with E-state index in [9.17, 15) is 5.26 Å². The molecule has 0 aliphatic heterocycles. The summed E-state index contributed by atoms with van der Waals surface area (Å²) in [5.41, 5.74) is 10.6. The first-order chi connectivity index (χ1) is 15.7. The van der Waals surface area contributed by atoms with Crippen molar-refractivity contribution < 1.29 is 9.47 Å². The third kappa shape index (κ3) is 4.59. The zero-order chi connectivity index (χ0) is 22.3. The largest absolute Gasteiger partial charge is 0.496 e. The first-order valence-electron chi connectivity index (χ1n) is 10.2. The molecule has 0 fully saturated rings. The Morgan fingerprint density at radius 2 is 1.75 bits per heavy atom. The molecule has 3 aromatic carbocycles. The van der Waals surface area contributed by atoms with Gasteiger partial charge in [0.1, 0.15) is 22.9 Å². The van der Waals surface area contributed by atoms with Gasteiger partial charge in [0.2, 0.25) is 0 Å². The zero-order valence-electron chi connectivity index (χ0n) is 17.7. The van der Waals surface area contributed by atoms with Crippen LogP contribution in [0.3, 0.4) is 0 Å². The molecule has 1 heterocycles. The van der Waals surface area contributed by atoms with Gasteiger partial charge in [-0.1, -0.05) is 36.4 Å². The quantitative estimate of drug-likeness (QED) is 0.451. The molecular weight excluding hydrogens is 400 g/mol. The summed E-state index contributed by atoms with van der Waals surface area (Å²) in [5.74, 6) is 1.77. The van der Waals surface area contributed by atoms with E-state index in [1.807, 2.05) is 42.5 Å². The van der Waals surface area contributed by atoms with Crippen molar-refractivity contribution in [3.05, 3.63) is 90.1 Å². The Bertz CT molecular complexity index is 1260. The second-order valence-electron chi connectivity index (χ2n) is 7.14. The Morgan fingerprint density at radius 1 is 0.938 bits per heavy atom. The maximum absolute atomic E-state index is 9.38. The number of hydrogen-bond acceptors (Lipinski definition) is 6. The van der Waals surface area contributed by atoms with Crippen LogP contribution in [-0.2, 0) is 6.42 Å². The third-order valence-electron chi connectivity index (χ3n) is 5.05. The van der Waals surface area contributed by atoms with E-state index < -0.39 is 0 Å². The molecule has 0 atom stereocenters. The van der Waals surface area contributed by atoms with Crippen LogP contribution in [-0.4, -0.2) is 23.9 Å². The molecule has 1 aromatic heterocycles. The Balaban J connectivity index is 1.71. The highest BCUT2D eigenvalue weighted by atomic mass is 16.5. The van der Waals surface area contributed by atoms with Crippen molar-refractivity contribution in [2.24, 2.45) is 5.73 Å². The van der Waals surface area contributed by atoms with Crippen LogP contribution >= 0.6 is 0 Å². The van der Waals surface area contributed by atoms with E-state index in [0.29, 0.717) is 35.1 Å². The van der Waals surface area contributed by atoms with E-state index >= 15 is 0 Å². The van der Waals surface area contributed by atoms with Gasteiger partial charge in [-0.3, -0.25) is 0 Å². The van der Waals surface area contributed by atoms with Gasteiger partial charge < -0.3 is 15.2 Å².